The third-order valence-corrected chi connectivity index (χ3v) is 3.76. The molecule has 136 valence electrons. The zero-order valence-corrected chi connectivity index (χ0v) is 14.2. The largest absolute Gasteiger partial charge is 0.490 e. The summed E-state index contributed by atoms with van der Waals surface area (Å²) in [4.78, 5) is 22.1. The molecule has 0 aliphatic rings. The van der Waals surface area contributed by atoms with Gasteiger partial charge in [-0.1, -0.05) is 18.2 Å². The molecule has 3 aromatic rings. The van der Waals surface area contributed by atoms with E-state index in [0.29, 0.717) is 17.1 Å². The fourth-order valence-corrected chi connectivity index (χ4v) is 2.40. The predicted octanol–water partition coefficient (Wildman–Crippen LogP) is 1.94. The number of benzene rings is 1. The van der Waals surface area contributed by atoms with Crippen LogP contribution < -0.4 is 4.74 Å². The highest BCUT2D eigenvalue weighted by atomic mass is 16.5. The van der Waals surface area contributed by atoms with Crippen molar-refractivity contribution in [2.75, 3.05) is 6.61 Å². The zero-order valence-electron chi connectivity index (χ0n) is 14.2. The van der Waals surface area contributed by atoms with Crippen LogP contribution in [-0.2, 0) is 17.9 Å². The molecular formula is C18H19N3O5. The second-order valence-corrected chi connectivity index (χ2v) is 5.75. The Balaban J connectivity index is 1.66. The molecular weight excluding hydrogens is 338 g/mol. The maximum atomic E-state index is 12.7. The van der Waals surface area contributed by atoms with Crippen LogP contribution >= 0.6 is 0 Å². The number of carbonyl (C=O) groups is 1. The number of aryl methyl sites for hydroxylation is 1. The van der Waals surface area contributed by atoms with Crippen molar-refractivity contribution in [2.24, 2.45) is 0 Å². The lowest BCUT2D eigenvalue weighted by atomic mass is 10.2. The minimum Gasteiger partial charge on any atom is -0.490 e. The summed E-state index contributed by atoms with van der Waals surface area (Å²) in [6, 6.07) is 7.40. The first kappa shape index (κ1) is 17.7. The number of aromatic nitrogens is 2. The number of aliphatic hydroxyl groups excluding tert-OH is 1. The van der Waals surface area contributed by atoms with E-state index in [4.69, 9.17) is 13.6 Å². The summed E-state index contributed by atoms with van der Waals surface area (Å²) >= 11 is 0. The maximum Gasteiger partial charge on any atom is 0.255 e. The van der Waals surface area contributed by atoms with Crippen LogP contribution in [0.5, 0.6) is 5.75 Å². The van der Waals surface area contributed by atoms with E-state index in [0.717, 1.165) is 5.56 Å². The Morgan fingerprint density at radius 3 is 2.31 bits per heavy atom. The highest BCUT2D eigenvalue weighted by Gasteiger charge is 2.25. The number of hydrogen-bond acceptors (Lipinski definition) is 7. The number of aliphatic hydroxyl groups is 1. The van der Waals surface area contributed by atoms with Crippen molar-refractivity contribution in [3.63, 3.8) is 0 Å². The molecule has 0 aliphatic heterocycles. The van der Waals surface area contributed by atoms with E-state index in [1.54, 1.807) is 6.07 Å². The molecule has 2 heterocycles. The first-order chi connectivity index (χ1) is 12.6. The van der Waals surface area contributed by atoms with Gasteiger partial charge in [-0.3, -0.25) is 4.79 Å². The van der Waals surface area contributed by atoms with Crippen LogP contribution in [0.15, 0.2) is 58.4 Å². The summed E-state index contributed by atoms with van der Waals surface area (Å²) in [5.74, 6) is 0.128. The van der Waals surface area contributed by atoms with E-state index in [9.17, 15) is 9.90 Å². The average molecular weight is 357 g/mol. The number of ether oxygens (including phenoxy) is 1. The number of hydrogen-bond donors (Lipinski definition) is 1. The standard InChI is InChI=1S/C18H19N3O5/c1-13-4-2-3-5-17(13)26-10-16(22)18(23)21(6-14-8-24-11-19-14)7-15-9-25-12-20-15/h2-5,8-9,11-12,16,22H,6-7,10H2,1H3. The van der Waals surface area contributed by atoms with Gasteiger partial charge in [-0.25, -0.2) is 9.97 Å². The molecule has 0 fully saturated rings. The lowest BCUT2D eigenvalue weighted by Crippen LogP contribution is -2.41. The van der Waals surface area contributed by atoms with Gasteiger partial charge < -0.3 is 23.6 Å². The van der Waals surface area contributed by atoms with E-state index < -0.39 is 12.0 Å². The maximum absolute atomic E-state index is 12.7. The molecule has 2 aromatic heterocycles. The van der Waals surface area contributed by atoms with Gasteiger partial charge in [0.1, 0.15) is 24.9 Å². The highest BCUT2D eigenvalue weighted by molar-refractivity contribution is 5.80. The molecule has 0 spiro atoms. The van der Waals surface area contributed by atoms with E-state index in [1.165, 1.54) is 30.2 Å². The molecule has 1 atom stereocenters. The molecule has 1 aromatic carbocycles. The van der Waals surface area contributed by atoms with Crippen molar-refractivity contribution in [1.82, 2.24) is 14.9 Å². The van der Waals surface area contributed by atoms with Crippen LogP contribution in [-0.4, -0.2) is 38.6 Å². The minimum atomic E-state index is -1.33. The second kappa shape index (κ2) is 8.30. The third-order valence-electron chi connectivity index (χ3n) is 3.76. The number of para-hydroxylation sites is 1. The first-order valence-electron chi connectivity index (χ1n) is 8.03. The third kappa shape index (κ3) is 4.48. The van der Waals surface area contributed by atoms with Gasteiger partial charge in [0.25, 0.3) is 5.91 Å². The van der Waals surface area contributed by atoms with Crippen LogP contribution in [0.2, 0.25) is 0 Å². The summed E-state index contributed by atoms with van der Waals surface area (Å²) in [6.45, 7) is 2.08. The molecule has 0 radical (unpaired) electrons. The van der Waals surface area contributed by atoms with Crippen LogP contribution in [0.3, 0.4) is 0 Å². The predicted molar refractivity (Wildman–Crippen MR) is 89.9 cm³/mol. The average Bonchev–Trinajstić information content (AvgIpc) is 3.33. The Hall–Kier alpha value is -3.13. The molecule has 0 saturated carbocycles. The molecule has 8 nitrogen and oxygen atoms in total. The van der Waals surface area contributed by atoms with E-state index in [-0.39, 0.29) is 19.7 Å². The van der Waals surface area contributed by atoms with Crippen LogP contribution in [0.4, 0.5) is 0 Å². The molecule has 1 unspecified atom stereocenters. The monoisotopic (exact) mass is 357 g/mol. The topological polar surface area (TPSA) is 102 Å². The van der Waals surface area contributed by atoms with Crippen LogP contribution in [0.1, 0.15) is 17.0 Å². The lowest BCUT2D eigenvalue weighted by Gasteiger charge is -2.23. The van der Waals surface area contributed by atoms with Crippen molar-refractivity contribution in [2.45, 2.75) is 26.1 Å². The Morgan fingerprint density at radius 1 is 1.15 bits per heavy atom. The van der Waals surface area contributed by atoms with Crippen molar-refractivity contribution in [1.29, 1.82) is 0 Å². The number of rotatable bonds is 8. The van der Waals surface area contributed by atoms with E-state index in [1.807, 2.05) is 25.1 Å². The number of nitrogens with zero attached hydrogens (tertiary/aromatic N) is 3. The fourth-order valence-electron chi connectivity index (χ4n) is 2.40. The van der Waals surface area contributed by atoms with E-state index in [2.05, 4.69) is 9.97 Å². The van der Waals surface area contributed by atoms with Crippen LogP contribution in [0, 0.1) is 6.92 Å². The summed E-state index contributed by atoms with van der Waals surface area (Å²) in [5, 5.41) is 10.3. The highest BCUT2D eigenvalue weighted by Crippen LogP contribution is 2.17. The molecule has 0 saturated heterocycles. The summed E-state index contributed by atoms with van der Waals surface area (Å²) in [5.41, 5.74) is 2.05. The van der Waals surface area contributed by atoms with Crippen LogP contribution in [0.25, 0.3) is 0 Å². The van der Waals surface area contributed by atoms with Crippen molar-refractivity contribution >= 4 is 5.91 Å². The van der Waals surface area contributed by atoms with Crippen molar-refractivity contribution < 1.29 is 23.5 Å². The SMILES string of the molecule is Cc1ccccc1OCC(O)C(=O)N(Cc1cocn1)Cc1cocn1. The molecule has 26 heavy (non-hydrogen) atoms. The number of carbonyl (C=O) groups excluding carboxylic acids is 1. The molecule has 1 N–H and O–H groups in total. The molecule has 0 aliphatic carbocycles. The van der Waals surface area contributed by atoms with Gasteiger partial charge in [-0.15, -0.1) is 0 Å². The Bertz CT molecular complexity index is 781. The van der Waals surface area contributed by atoms with Gasteiger partial charge in [0.05, 0.1) is 24.5 Å². The van der Waals surface area contributed by atoms with Gasteiger partial charge >= 0.3 is 0 Å². The van der Waals surface area contributed by atoms with E-state index >= 15 is 0 Å². The van der Waals surface area contributed by atoms with Gasteiger partial charge in [-0.05, 0) is 18.6 Å². The van der Waals surface area contributed by atoms with Gasteiger partial charge in [-0.2, -0.15) is 0 Å². The number of oxazole rings is 2. The van der Waals surface area contributed by atoms with Crippen molar-refractivity contribution in [3.8, 4) is 5.75 Å². The minimum absolute atomic E-state index is 0.155. The molecule has 8 heteroatoms. The number of amides is 1. The van der Waals surface area contributed by atoms with Gasteiger partial charge in [0.2, 0.25) is 0 Å². The molecule has 3 rings (SSSR count). The lowest BCUT2D eigenvalue weighted by molar-refractivity contribution is -0.143. The van der Waals surface area contributed by atoms with Gasteiger partial charge in [0.15, 0.2) is 18.9 Å². The quantitative estimate of drug-likeness (QED) is 0.657. The zero-order chi connectivity index (χ0) is 18.4. The smallest absolute Gasteiger partial charge is 0.255 e. The Kier molecular flexibility index (Phi) is 5.65. The fraction of sp³-hybridized carbons (Fsp3) is 0.278. The summed E-state index contributed by atoms with van der Waals surface area (Å²) in [6.07, 6.45) is 4.13. The normalized spacial score (nSPS) is 11.9. The molecule has 0 bridgehead atoms. The summed E-state index contributed by atoms with van der Waals surface area (Å²) in [7, 11) is 0. The second-order valence-electron chi connectivity index (χ2n) is 5.75. The first-order valence-corrected chi connectivity index (χ1v) is 8.03. The summed E-state index contributed by atoms with van der Waals surface area (Å²) < 4.78 is 15.5. The van der Waals surface area contributed by atoms with Gasteiger partial charge in [0, 0.05) is 0 Å². The van der Waals surface area contributed by atoms with Crippen molar-refractivity contribution in [3.05, 3.63) is 66.5 Å². The Labute approximate surface area is 150 Å². The Morgan fingerprint density at radius 2 is 1.77 bits per heavy atom. The molecule has 1 amide bonds.